The number of hydrogen-bond acceptors (Lipinski definition) is 6. The number of rotatable bonds is 49. The standard InChI is InChI=1S/C54H105N2O6P/c1-6-8-10-12-14-16-18-20-22-24-25-26-27-28-29-30-31-32-33-35-37-39-41-43-45-47-53(57)52(51-62-63(59,60)61-50-49-56(3,4)5)55-54(58)48-46-44-42-40-38-36-34-23-21-19-17-15-13-11-9-7-2/h23,34,37,39,45,47,52-53,57H,6-22,24-33,35-36,38,40-44,46,48-51H2,1-5H3,(H-,55,58,59,60)/b34-23-,39-37+,47-45+. The molecule has 2 N–H and O–H groups in total. The highest BCUT2D eigenvalue weighted by Gasteiger charge is 2.23. The van der Waals surface area contributed by atoms with Crippen LogP contribution < -0.4 is 10.2 Å². The zero-order chi connectivity index (χ0) is 46.4. The molecule has 0 aliphatic rings. The van der Waals surface area contributed by atoms with Crippen molar-refractivity contribution in [1.82, 2.24) is 5.32 Å². The molecule has 0 heterocycles. The topological polar surface area (TPSA) is 108 Å². The second kappa shape index (κ2) is 45.9. The minimum absolute atomic E-state index is 0.00756. The Morgan fingerprint density at radius 2 is 0.889 bits per heavy atom. The van der Waals surface area contributed by atoms with E-state index in [1.165, 1.54) is 180 Å². The normalized spacial score (nSPS) is 14.3. The number of carbonyl (C=O) groups excluding carboxylic acids is 1. The van der Waals surface area contributed by atoms with Gasteiger partial charge in [0.1, 0.15) is 13.2 Å². The largest absolute Gasteiger partial charge is 0.756 e. The number of allylic oxidation sites excluding steroid dienone is 5. The zero-order valence-electron chi connectivity index (χ0n) is 42.3. The Morgan fingerprint density at radius 1 is 0.540 bits per heavy atom. The van der Waals surface area contributed by atoms with Gasteiger partial charge >= 0.3 is 0 Å². The molecule has 1 amide bonds. The highest BCUT2D eigenvalue weighted by molar-refractivity contribution is 7.45. The fourth-order valence-corrected chi connectivity index (χ4v) is 8.53. The zero-order valence-corrected chi connectivity index (χ0v) is 43.2. The lowest BCUT2D eigenvalue weighted by Crippen LogP contribution is -2.45. The van der Waals surface area contributed by atoms with Crippen LogP contribution in [0.5, 0.6) is 0 Å². The number of carbonyl (C=O) groups is 1. The van der Waals surface area contributed by atoms with Crippen LogP contribution >= 0.6 is 7.82 Å². The molecule has 0 aliphatic heterocycles. The summed E-state index contributed by atoms with van der Waals surface area (Å²) in [5, 5.41) is 13.8. The molecule has 0 aromatic carbocycles. The van der Waals surface area contributed by atoms with Crippen LogP contribution in [0.4, 0.5) is 0 Å². The molecule has 0 saturated carbocycles. The van der Waals surface area contributed by atoms with Gasteiger partial charge in [-0.2, -0.15) is 0 Å². The van der Waals surface area contributed by atoms with Crippen molar-refractivity contribution in [3.63, 3.8) is 0 Å². The third-order valence-corrected chi connectivity index (χ3v) is 13.0. The summed E-state index contributed by atoms with van der Waals surface area (Å²) in [6.07, 6.45) is 57.9. The van der Waals surface area contributed by atoms with Gasteiger partial charge in [0.25, 0.3) is 7.82 Å². The first-order valence-corrected chi connectivity index (χ1v) is 28.3. The van der Waals surface area contributed by atoms with Crippen LogP contribution in [0.15, 0.2) is 36.5 Å². The number of unbranched alkanes of at least 4 members (excludes halogenated alkanes) is 32. The molecular formula is C54H105N2O6P. The molecule has 0 aromatic rings. The number of hydrogen-bond donors (Lipinski definition) is 2. The summed E-state index contributed by atoms with van der Waals surface area (Å²) in [4.78, 5) is 25.4. The molecule has 3 atom stereocenters. The highest BCUT2D eigenvalue weighted by Crippen LogP contribution is 2.38. The fourth-order valence-electron chi connectivity index (χ4n) is 7.81. The average molecular weight is 909 g/mol. The predicted molar refractivity (Wildman–Crippen MR) is 270 cm³/mol. The Kier molecular flexibility index (Phi) is 44.9. The molecule has 372 valence electrons. The van der Waals surface area contributed by atoms with Crippen molar-refractivity contribution in [2.75, 3.05) is 40.9 Å². The van der Waals surface area contributed by atoms with E-state index in [1.54, 1.807) is 6.08 Å². The van der Waals surface area contributed by atoms with E-state index in [9.17, 15) is 19.4 Å². The van der Waals surface area contributed by atoms with Gasteiger partial charge in [-0.1, -0.05) is 224 Å². The fraction of sp³-hybridized carbons (Fsp3) is 0.870. The maximum atomic E-state index is 12.9. The molecule has 0 aliphatic carbocycles. The molecule has 0 radical (unpaired) electrons. The lowest BCUT2D eigenvalue weighted by Gasteiger charge is -2.29. The Balaban J connectivity index is 4.29. The number of nitrogens with zero attached hydrogens (tertiary/aromatic N) is 1. The summed E-state index contributed by atoms with van der Waals surface area (Å²) in [7, 11) is 1.24. The summed E-state index contributed by atoms with van der Waals surface area (Å²) >= 11 is 0. The van der Waals surface area contributed by atoms with Crippen LogP contribution in [0.3, 0.4) is 0 Å². The van der Waals surface area contributed by atoms with Gasteiger partial charge in [0.15, 0.2) is 0 Å². The van der Waals surface area contributed by atoms with Crippen molar-refractivity contribution in [3.05, 3.63) is 36.5 Å². The molecule has 63 heavy (non-hydrogen) atoms. The van der Waals surface area contributed by atoms with Crippen LogP contribution in [0.1, 0.15) is 251 Å². The molecule has 8 nitrogen and oxygen atoms in total. The highest BCUT2D eigenvalue weighted by atomic mass is 31.2. The van der Waals surface area contributed by atoms with Gasteiger partial charge in [0.2, 0.25) is 5.91 Å². The molecule has 0 rings (SSSR count). The molecule has 0 spiro atoms. The van der Waals surface area contributed by atoms with Crippen molar-refractivity contribution in [1.29, 1.82) is 0 Å². The molecule has 0 saturated heterocycles. The molecule has 3 unspecified atom stereocenters. The van der Waals surface area contributed by atoms with Crippen LogP contribution in [-0.2, 0) is 18.4 Å². The summed E-state index contributed by atoms with van der Waals surface area (Å²) in [5.74, 6) is -0.214. The minimum Gasteiger partial charge on any atom is -0.756 e. The van der Waals surface area contributed by atoms with E-state index in [-0.39, 0.29) is 12.5 Å². The Hall–Kier alpha value is -1.28. The Labute approximate surface area is 391 Å². The number of quaternary nitrogens is 1. The SMILES string of the molecule is CCCCCCCCC/C=C\CCCCCCCC(=O)NC(COP(=O)([O-])OCC[N+](C)(C)C)C(O)/C=C/CC/C=C/CCCCCCCCCCCCCCCCCCCCC. The average Bonchev–Trinajstić information content (AvgIpc) is 3.24. The van der Waals surface area contributed by atoms with Crippen molar-refractivity contribution < 1.29 is 32.9 Å². The third kappa shape index (κ3) is 48.5. The molecule has 0 bridgehead atoms. The number of amides is 1. The number of aliphatic hydroxyl groups is 1. The Morgan fingerprint density at radius 3 is 1.29 bits per heavy atom. The van der Waals surface area contributed by atoms with Gasteiger partial charge in [-0.3, -0.25) is 9.36 Å². The van der Waals surface area contributed by atoms with E-state index in [4.69, 9.17) is 9.05 Å². The van der Waals surface area contributed by atoms with Crippen molar-refractivity contribution in [2.45, 2.75) is 264 Å². The third-order valence-electron chi connectivity index (χ3n) is 12.1. The molecule has 0 aromatic heterocycles. The second-order valence-corrected chi connectivity index (χ2v) is 21.0. The van der Waals surface area contributed by atoms with Crippen molar-refractivity contribution in [2.24, 2.45) is 0 Å². The van der Waals surface area contributed by atoms with Crippen LogP contribution in [0, 0.1) is 0 Å². The van der Waals surface area contributed by atoms with E-state index >= 15 is 0 Å². The van der Waals surface area contributed by atoms with E-state index in [1.807, 2.05) is 27.2 Å². The lowest BCUT2D eigenvalue weighted by atomic mass is 10.0. The van der Waals surface area contributed by atoms with Gasteiger partial charge in [-0.25, -0.2) is 0 Å². The quantitative estimate of drug-likeness (QED) is 0.0272. The van der Waals surface area contributed by atoms with E-state index < -0.39 is 26.6 Å². The maximum Gasteiger partial charge on any atom is 0.268 e. The lowest BCUT2D eigenvalue weighted by molar-refractivity contribution is -0.870. The van der Waals surface area contributed by atoms with Gasteiger partial charge in [0.05, 0.1) is 39.9 Å². The first-order chi connectivity index (χ1) is 30.5. The first kappa shape index (κ1) is 61.7. The predicted octanol–water partition coefficient (Wildman–Crippen LogP) is 15.2. The number of phosphoric ester groups is 1. The van der Waals surface area contributed by atoms with Gasteiger partial charge in [0, 0.05) is 6.42 Å². The van der Waals surface area contributed by atoms with E-state index in [0.717, 1.165) is 51.4 Å². The van der Waals surface area contributed by atoms with Crippen LogP contribution in [0.25, 0.3) is 0 Å². The number of likely N-dealkylation sites (N-methyl/N-ethyl adjacent to an activating group) is 1. The first-order valence-electron chi connectivity index (χ1n) is 26.9. The van der Waals surface area contributed by atoms with E-state index in [0.29, 0.717) is 17.4 Å². The summed E-state index contributed by atoms with van der Waals surface area (Å²) in [5.41, 5.74) is 0. The second-order valence-electron chi connectivity index (χ2n) is 19.6. The smallest absolute Gasteiger partial charge is 0.268 e. The maximum absolute atomic E-state index is 12.9. The van der Waals surface area contributed by atoms with Gasteiger partial charge in [-0.05, 0) is 57.8 Å². The number of nitrogens with one attached hydrogen (secondary N) is 1. The van der Waals surface area contributed by atoms with Gasteiger partial charge in [-0.15, -0.1) is 0 Å². The number of phosphoric acid groups is 1. The summed E-state index contributed by atoms with van der Waals surface area (Å²) in [6.45, 7) is 4.64. The van der Waals surface area contributed by atoms with Crippen LogP contribution in [0.2, 0.25) is 0 Å². The molecule has 9 heteroatoms. The Bertz CT molecular complexity index is 1120. The van der Waals surface area contributed by atoms with Gasteiger partial charge < -0.3 is 28.8 Å². The minimum atomic E-state index is -4.60. The van der Waals surface area contributed by atoms with Crippen LogP contribution in [-0.4, -0.2) is 68.5 Å². The number of aliphatic hydroxyl groups excluding tert-OH is 1. The summed E-state index contributed by atoms with van der Waals surface area (Å²) < 4.78 is 23.3. The van der Waals surface area contributed by atoms with Crippen molar-refractivity contribution >= 4 is 13.7 Å². The van der Waals surface area contributed by atoms with E-state index in [2.05, 4.69) is 43.5 Å². The monoisotopic (exact) mass is 909 g/mol. The molecular weight excluding hydrogens is 804 g/mol. The summed E-state index contributed by atoms with van der Waals surface area (Å²) in [6, 6.07) is -0.907. The molecule has 0 fully saturated rings. The van der Waals surface area contributed by atoms with Crippen molar-refractivity contribution in [3.8, 4) is 0 Å².